The minimum Gasteiger partial charge on any atom is -0.295 e. The number of rotatable bonds is 4. The highest BCUT2D eigenvalue weighted by atomic mass is 16.1. The number of hydrogen-bond acceptors (Lipinski definition) is 3. The number of aromatic amines is 1. The fourth-order valence-electron chi connectivity index (χ4n) is 2.56. The highest BCUT2D eigenvalue weighted by molar-refractivity contribution is 5.81. The highest BCUT2D eigenvalue weighted by Crippen LogP contribution is 2.13. The molecule has 0 fully saturated rings. The minimum absolute atomic E-state index is 0.116. The molecule has 5 nitrogen and oxygen atoms in total. The first-order valence-corrected chi connectivity index (χ1v) is 8.20. The lowest BCUT2D eigenvalue weighted by molar-refractivity contribution is 0.833. The minimum atomic E-state index is -0.116. The number of hydrazone groups is 1. The van der Waals surface area contributed by atoms with Crippen LogP contribution in [-0.4, -0.2) is 16.0 Å². The van der Waals surface area contributed by atoms with Crippen LogP contribution in [0.2, 0.25) is 0 Å². The van der Waals surface area contributed by atoms with Crippen molar-refractivity contribution in [2.45, 2.75) is 27.7 Å². The zero-order valence-electron chi connectivity index (χ0n) is 14.9. The number of nitrogens with one attached hydrogen (secondary N) is 2. The molecule has 0 saturated heterocycles. The molecular weight excluding hydrogens is 312 g/mol. The van der Waals surface area contributed by atoms with E-state index in [9.17, 15) is 4.79 Å². The van der Waals surface area contributed by atoms with E-state index in [4.69, 9.17) is 0 Å². The Morgan fingerprint density at radius 3 is 2.40 bits per heavy atom. The number of aryl methyl sites for hydroxylation is 4. The summed E-state index contributed by atoms with van der Waals surface area (Å²) >= 11 is 0. The first-order valence-electron chi connectivity index (χ1n) is 8.20. The van der Waals surface area contributed by atoms with Crippen molar-refractivity contribution >= 4 is 11.9 Å². The van der Waals surface area contributed by atoms with E-state index in [1.165, 1.54) is 11.1 Å². The molecule has 0 amide bonds. The molecule has 2 N–H and O–H groups in total. The number of nitrogens with zero attached hydrogens (tertiary/aromatic N) is 2. The topological polar surface area (TPSA) is 62.2 Å². The van der Waals surface area contributed by atoms with Crippen molar-refractivity contribution in [3.8, 4) is 5.69 Å². The van der Waals surface area contributed by atoms with Gasteiger partial charge in [-0.15, -0.1) is 0 Å². The van der Waals surface area contributed by atoms with Gasteiger partial charge >= 0.3 is 0 Å². The molecule has 0 spiro atoms. The second-order valence-electron chi connectivity index (χ2n) is 6.30. The Morgan fingerprint density at radius 2 is 1.72 bits per heavy atom. The maximum absolute atomic E-state index is 12.7. The monoisotopic (exact) mass is 334 g/mol. The third-order valence-corrected chi connectivity index (χ3v) is 4.30. The third kappa shape index (κ3) is 3.55. The van der Waals surface area contributed by atoms with E-state index >= 15 is 0 Å². The lowest BCUT2D eigenvalue weighted by atomic mass is 10.1. The van der Waals surface area contributed by atoms with E-state index < -0.39 is 0 Å². The Labute approximate surface area is 147 Å². The molecule has 0 saturated carbocycles. The maximum atomic E-state index is 12.7. The van der Waals surface area contributed by atoms with E-state index in [0.717, 1.165) is 22.6 Å². The van der Waals surface area contributed by atoms with Crippen molar-refractivity contribution in [2.24, 2.45) is 5.10 Å². The lowest BCUT2D eigenvalue weighted by Gasteiger charge is -2.05. The SMILES string of the molecule is Cc1ccc(N/N=C/c2c(C)[nH]n(-c3ccc(C)c(C)c3)c2=O)cc1. The van der Waals surface area contributed by atoms with Crippen molar-refractivity contribution in [3.63, 3.8) is 0 Å². The quantitative estimate of drug-likeness (QED) is 0.562. The smallest absolute Gasteiger partial charge is 0.280 e. The van der Waals surface area contributed by atoms with Gasteiger partial charge in [-0.05, 0) is 63.1 Å². The van der Waals surface area contributed by atoms with Crippen LogP contribution in [0.25, 0.3) is 5.69 Å². The van der Waals surface area contributed by atoms with Crippen molar-refractivity contribution in [3.05, 3.63) is 80.8 Å². The fraction of sp³-hybridized carbons (Fsp3) is 0.200. The molecule has 0 atom stereocenters. The van der Waals surface area contributed by atoms with Gasteiger partial charge in [-0.2, -0.15) is 5.10 Å². The van der Waals surface area contributed by atoms with Gasteiger partial charge in [0, 0.05) is 5.69 Å². The Kier molecular flexibility index (Phi) is 4.57. The molecule has 0 radical (unpaired) electrons. The standard InChI is InChI=1S/C20H22N4O/c1-13-5-8-17(9-6-13)22-21-12-19-16(4)23-24(20(19)25)18-10-7-14(2)15(3)11-18/h5-12,22-23H,1-4H3/b21-12+. The Morgan fingerprint density at radius 1 is 1.00 bits per heavy atom. The molecule has 0 unspecified atom stereocenters. The van der Waals surface area contributed by atoms with Crippen LogP contribution in [0, 0.1) is 27.7 Å². The zero-order chi connectivity index (χ0) is 18.0. The predicted molar refractivity (Wildman–Crippen MR) is 103 cm³/mol. The summed E-state index contributed by atoms with van der Waals surface area (Å²) in [7, 11) is 0. The Hall–Kier alpha value is -3.08. The average molecular weight is 334 g/mol. The number of H-pyrrole nitrogens is 1. The normalized spacial score (nSPS) is 11.2. The average Bonchev–Trinajstić information content (AvgIpc) is 2.87. The van der Waals surface area contributed by atoms with E-state index in [2.05, 4.69) is 22.5 Å². The molecule has 128 valence electrons. The molecule has 3 aromatic rings. The summed E-state index contributed by atoms with van der Waals surface area (Å²) in [4.78, 5) is 12.7. The summed E-state index contributed by atoms with van der Waals surface area (Å²) in [5.41, 5.74) is 9.38. The van der Waals surface area contributed by atoms with Gasteiger partial charge in [0.15, 0.2) is 0 Å². The maximum Gasteiger partial charge on any atom is 0.280 e. The second kappa shape index (κ2) is 6.81. The number of hydrogen-bond donors (Lipinski definition) is 2. The summed E-state index contributed by atoms with van der Waals surface area (Å²) in [5.74, 6) is 0. The fourth-order valence-corrected chi connectivity index (χ4v) is 2.56. The highest BCUT2D eigenvalue weighted by Gasteiger charge is 2.11. The third-order valence-electron chi connectivity index (χ3n) is 4.30. The van der Waals surface area contributed by atoms with Crippen LogP contribution in [0.4, 0.5) is 5.69 Å². The molecule has 0 aliphatic heterocycles. The number of aromatic nitrogens is 2. The molecule has 2 aromatic carbocycles. The molecular formula is C20H22N4O. The van der Waals surface area contributed by atoms with Gasteiger partial charge in [-0.1, -0.05) is 23.8 Å². The first kappa shape index (κ1) is 16.8. The summed E-state index contributed by atoms with van der Waals surface area (Å²) in [6.07, 6.45) is 1.56. The van der Waals surface area contributed by atoms with E-state index in [1.54, 1.807) is 10.9 Å². The van der Waals surface area contributed by atoms with Crippen molar-refractivity contribution in [1.82, 2.24) is 9.78 Å². The van der Waals surface area contributed by atoms with Gasteiger partial charge in [0.25, 0.3) is 5.56 Å². The molecule has 0 aliphatic carbocycles. The summed E-state index contributed by atoms with van der Waals surface area (Å²) in [6, 6.07) is 13.9. The summed E-state index contributed by atoms with van der Waals surface area (Å²) < 4.78 is 1.55. The van der Waals surface area contributed by atoms with Gasteiger partial charge in [0.1, 0.15) is 0 Å². The molecule has 0 aliphatic rings. The van der Waals surface area contributed by atoms with Crippen LogP contribution >= 0.6 is 0 Å². The molecule has 3 rings (SSSR count). The van der Waals surface area contributed by atoms with Crippen LogP contribution in [0.1, 0.15) is 27.9 Å². The van der Waals surface area contributed by atoms with E-state index in [0.29, 0.717) is 5.56 Å². The van der Waals surface area contributed by atoms with Crippen LogP contribution < -0.4 is 11.0 Å². The van der Waals surface area contributed by atoms with Crippen LogP contribution in [0.3, 0.4) is 0 Å². The Balaban J connectivity index is 1.86. The Bertz CT molecular complexity index is 978. The predicted octanol–water partition coefficient (Wildman–Crippen LogP) is 3.85. The van der Waals surface area contributed by atoms with Gasteiger partial charge in [-0.3, -0.25) is 15.3 Å². The number of anilines is 1. The lowest BCUT2D eigenvalue weighted by Crippen LogP contribution is -2.17. The van der Waals surface area contributed by atoms with Crippen LogP contribution in [-0.2, 0) is 0 Å². The molecule has 0 bridgehead atoms. The molecule has 1 heterocycles. The van der Waals surface area contributed by atoms with Crippen molar-refractivity contribution in [2.75, 3.05) is 5.43 Å². The summed E-state index contributed by atoms with van der Waals surface area (Å²) in [5, 5.41) is 7.31. The molecule has 25 heavy (non-hydrogen) atoms. The van der Waals surface area contributed by atoms with Gasteiger partial charge in [0.05, 0.1) is 23.2 Å². The molecule has 5 heteroatoms. The summed E-state index contributed by atoms with van der Waals surface area (Å²) in [6.45, 7) is 7.99. The van der Waals surface area contributed by atoms with Gasteiger partial charge in [0.2, 0.25) is 0 Å². The van der Waals surface area contributed by atoms with Gasteiger partial charge in [-0.25, -0.2) is 4.68 Å². The van der Waals surface area contributed by atoms with Crippen LogP contribution in [0.15, 0.2) is 52.4 Å². The second-order valence-corrected chi connectivity index (χ2v) is 6.30. The van der Waals surface area contributed by atoms with E-state index in [-0.39, 0.29) is 5.56 Å². The first-order chi connectivity index (χ1) is 12.0. The zero-order valence-corrected chi connectivity index (χ0v) is 14.9. The van der Waals surface area contributed by atoms with Crippen molar-refractivity contribution < 1.29 is 0 Å². The molecule has 1 aromatic heterocycles. The van der Waals surface area contributed by atoms with Gasteiger partial charge < -0.3 is 0 Å². The largest absolute Gasteiger partial charge is 0.295 e. The van der Waals surface area contributed by atoms with E-state index in [1.807, 2.05) is 63.2 Å². The van der Waals surface area contributed by atoms with Crippen LogP contribution in [0.5, 0.6) is 0 Å². The number of benzene rings is 2. The van der Waals surface area contributed by atoms with Crippen molar-refractivity contribution in [1.29, 1.82) is 0 Å².